The van der Waals surface area contributed by atoms with Gasteiger partial charge in [0.2, 0.25) is 6.29 Å². The van der Waals surface area contributed by atoms with Crippen molar-refractivity contribution in [1.29, 1.82) is 0 Å². The lowest BCUT2D eigenvalue weighted by Gasteiger charge is -2.72. The van der Waals surface area contributed by atoms with Gasteiger partial charge in [-0.2, -0.15) is 0 Å². The largest absolute Gasteiger partial charge is 0.458 e. The number of ether oxygens (including phenoxy) is 20. The molecule has 9 aliphatic heterocycles. The van der Waals surface area contributed by atoms with E-state index in [4.69, 9.17) is 94.7 Å². The average molecular weight is 2160 g/mol. The predicted octanol–water partition coefficient (Wildman–Crippen LogP) is -5.16. The summed E-state index contributed by atoms with van der Waals surface area (Å²) < 4.78 is 122. The quantitative estimate of drug-likeness (QED) is 0.00942. The van der Waals surface area contributed by atoms with Gasteiger partial charge < -0.3 is 222 Å². The van der Waals surface area contributed by atoms with E-state index >= 15 is 9.59 Å². The second kappa shape index (κ2) is 47.4. The van der Waals surface area contributed by atoms with Gasteiger partial charge in [0.25, 0.3) is 0 Å². The second-order valence-corrected chi connectivity index (χ2v) is 46.2. The Hall–Kier alpha value is -4.57. The molecular weight excluding hydrogens is 1990 g/mol. The lowest BCUT2D eigenvalue weighted by molar-refractivity contribution is -0.390. The Kier molecular flexibility index (Phi) is 38.2. The average Bonchev–Trinajstić information content (AvgIpc) is 0.778. The first-order chi connectivity index (χ1) is 70.2. The minimum Gasteiger partial charge on any atom is -0.458 e. The molecule has 48 heteroatoms. The maximum atomic E-state index is 16.9. The molecule has 55 atom stereocenters. The van der Waals surface area contributed by atoms with Crippen molar-refractivity contribution >= 4 is 17.9 Å². The van der Waals surface area contributed by atoms with Crippen LogP contribution in [0.15, 0.2) is 60.3 Å². The number of carbonyl (C=O) groups excluding carboxylic acids is 3. The Morgan fingerprint density at radius 1 is 0.413 bits per heavy atom. The summed E-state index contributed by atoms with van der Waals surface area (Å²) in [5, 5.41) is 280. The first-order valence-electron chi connectivity index (χ1n) is 52.1. The predicted molar refractivity (Wildman–Crippen MR) is 506 cm³/mol. The molecule has 5 aliphatic carbocycles. The molecule has 14 rings (SSSR count). The standard InChI is InChI=1S/C102H162O48/c1-18-97(13,149-90-75(125)65(115)58(108)42(5)133-90)29-21-23-41(4)84(129)143-78-44(7)136-91(76(126)70(78)120)150-98(14,19-2)28-20-22-40(3)83(128)141-57-34-102(94(130)148-93-82(69(119)62(112)50(36-104)139-93)147-89-77(127)80(145-88-74(124)66(116)61(111)49(35-103)137-88)79(45(8)135-89)144-87-72(122)63(113)51(37-105)138-87)47(32-95(57,9)10)46-24-25-54-99(15)30-27-56(96(11,12)53(99)26-31-100(54,16)101(46,17)33-55(102)107)142-86-73(123)67(117)64(114)52(140-86)39-132-92-81(68(118)59(109)43(6)134-92)146-85-71(121)60(110)48(106)38-131-85/h18-19,22-24,42-45,47-82,85-93,103-127H,1-2,20-21,25-39H2,3-17H3/b40-22+,41-23+/t42-,43-,44-,45+,47+,48-,49-,50-,51+,52-,53+,54-,55-,56+,57+,58-,59+,60+,61-,62-,63+,64-,65+,66+,67+,68+,69+,70-,71-,72-,73-,74-,75-,76-,77-,78-,79+,80+,81-,82-,85+,86+,87+,88+,89+,90+,91+,92-,93+,97+,98-,99+,100-,101-,102-/m1/s1. The van der Waals surface area contributed by atoms with E-state index < -0.39 is 389 Å². The first-order valence-corrected chi connectivity index (χ1v) is 52.1. The van der Waals surface area contributed by atoms with Crippen LogP contribution in [0.2, 0.25) is 0 Å². The van der Waals surface area contributed by atoms with Gasteiger partial charge in [0.05, 0.1) is 80.9 Å². The van der Waals surface area contributed by atoms with Crippen molar-refractivity contribution in [3.8, 4) is 0 Å². The van der Waals surface area contributed by atoms with Crippen LogP contribution in [0, 0.1) is 50.2 Å². The molecule has 4 saturated carbocycles. The topological polar surface area (TPSA) is 742 Å². The highest BCUT2D eigenvalue weighted by Gasteiger charge is 2.75. The normalized spacial score (nSPS) is 49.7. The summed E-state index contributed by atoms with van der Waals surface area (Å²) in [6.45, 7) is 30.2. The van der Waals surface area contributed by atoms with Crippen LogP contribution >= 0.6 is 0 Å². The van der Waals surface area contributed by atoms with Crippen LogP contribution in [0.25, 0.3) is 0 Å². The number of rotatable bonds is 34. The van der Waals surface area contributed by atoms with Gasteiger partial charge in [-0.1, -0.05) is 84.4 Å². The van der Waals surface area contributed by atoms with E-state index in [0.29, 0.717) is 32.1 Å². The molecule has 150 heavy (non-hydrogen) atoms. The lowest BCUT2D eigenvalue weighted by atomic mass is 9.33. The summed E-state index contributed by atoms with van der Waals surface area (Å²) in [6, 6.07) is 0. The van der Waals surface area contributed by atoms with Crippen LogP contribution < -0.4 is 0 Å². The van der Waals surface area contributed by atoms with E-state index in [0.717, 1.165) is 5.57 Å². The number of allylic oxidation sites excluding steroid dienone is 4. The van der Waals surface area contributed by atoms with Crippen molar-refractivity contribution in [2.45, 2.75) is 475 Å². The molecule has 0 radical (unpaired) electrons. The highest BCUT2D eigenvalue weighted by Crippen LogP contribution is 2.77. The Morgan fingerprint density at radius 2 is 0.840 bits per heavy atom. The van der Waals surface area contributed by atoms with Crippen LogP contribution in [-0.4, -0.2) is 472 Å². The highest BCUT2D eigenvalue weighted by atomic mass is 16.8. The maximum absolute atomic E-state index is 16.9. The number of hydrogen-bond acceptors (Lipinski definition) is 48. The number of aliphatic hydroxyl groups excluding tert-OH is 25. The molecule has 0 unspecified atom stereocenters. The third-order valence-corrected chi connectivity index (χ3v) is 35.6. The summed E-state index contributed by atoms with van der Waals surface area (Å²) in [5.41, 5.74) is -8.00. The van der Waals surface area contributed by atoms with Crippen molar-refractivity contribution in [2.75, 3.05) is 33.0 Å². The van der Waals surface area contributed by atoms with Gasteiger partial charge in [-0.15, -0.1) is 13.2 Å². The molecule has 14 aliphatic rings. The zero-order chi connectivity index (χ0) is 110. The highest BCUT2D eigenvalue weighted by molar-refractivity contribution is 5.88. The molecule has 13 fully saturated rings. The molecule has 25 N–H and O–H groups in total. The molecular formula is C102H162O48. The lowest BCUT2D eigenvalue weighted by Crippen LogP contribution is -2.70. The van der Waals surface area contributed by atoms with Gasteiger partial charge in [-0.05, 0) is 165 Å². The van der Waals surface area contributed by atoms with Crippen LogP contribution in [0.4, 0.5) is 0 Å². The summed E-state index contributed by atoms with van der Waals surface area (Å²) in [7, 11) is 0. The smallest absolute Gasteiger partial charge is 0.333 e. The Morgan fingerprint density at radius 3 is 1.41 bits per heavy atom. The monoisotopic (exact) mass is 2160 g/mol. The molecule has 0 bridgehead atoms. The zero-order valence-electron chi connectivity index (χ0n) is 87.2. The molecule has 0 amide bonds. The maximum Gasteiger partial charge on any atom is 0.333 e. The van der Waals surface area contributed by atoms with Gasteiger partial charge in [0, 0.05) is 23.0 Å². The van der Waals surface area contributed by atoms with Crippen LogP contribution in [0.1, 0.15) is 181 Å². The van der Waals surface area contributed by atoms with E-state index in [1.165, 1.54) is 53.7 Å². The molecule has 858 valence electrons. The van der Waals surface area contributed by atoms with Crippen LogP contribution in [0.5, 0.6) is 0 Å². The number of hydrogen-bond donors (Lipinski definition) is 25. The van der Waals surface area contributed by atoms with E-state index in [1.54, 1.807) is 26.0 Å². The van der Waals surface area contributed by atoms with Crippen molar-refractivity contribution in [3.63, 3.8) is 0 Å². The van der Waals surface area contributed by atoms with Gasteiger partial charge in [-0.25, -0.2) is 9.59 Å². The van der Waals surface area contributed by atoms with Gasteiger partial charge >= 0.3 is 17.9 Å². The molecule has 0 aromatic carbocycles. The fraction of sp³-hybridized carbons (Fsp3) is 0.873. The van der Waals surface area contributed by atoms with E-state index in [2.05, 4.69) is 40.0 Å². The molecule has 9 saturated heterocycles. The van der Waals surface area contributed by atoms with Crippen molar-refractivity contribution < 1.29 is 237 Å². The Balaban J connectivity index is 0.711. The SMILES string of the molecule is C=C[C@@](C)(CC/C=C(\C)C(=O)O[C@H]1[C@H](O)[C@@H](O)[C@H](O[C@](C)(C=C)CC/C=C(\C)C(=O)O[C@H]2C[C@]3(C(=O)O[C@@H]4O[C@H](CO)[C@@H](O)[C@H](O)[C@H]4O[C@@H]4O[C@@H](C)[C@H](O[C@@H]5O[C@@H](CO)[C@H](O)[C@H]5O)[C@@H](O[C@@H]5O[C@H](CO)[C@@H](O)[C@H](O)[C@H]5O)[C@H]4O)[C@H](O)C[C@]4(C)C(=CC[C@@H]5[C@@]6(C)CC[C@H](O[C@@H]7O[C@H](CO[C@@H]8O[C@H](C)[C@H](O)[C@H](O)[C@H]8O[C@@H]8OC[C@@H](O)[C@H](O)[C@H]8O)[C@@H](O)[C@H](O)[C@H]7O)C(C)(C)[C@@H]6CC[C@]54C)[C@@H]3CC2(C)C)O[C@@H]1C)O[C@@H]1O[C@H](C)[C@@H](O)[C@H](O)[C@H]1O. The van der Waals surface area contributed by atoms with Gasteiger partial charge in [0.1, 0.15) is 182 Å². The third-order valence-electron chi connectivity index (χ3n) is 35.6. The fourth-order valence-corrected chi connectivity index (χ4v) is 25.6. The summed E-state index contributed by atoms with van der Waals surface area (Å²) >= 11 is 0. The van der Waals surface area contributed by atoms with E-state index in [-0.39, 0.29) is 61.5 Å². The minimum absolute atomic E-state index is 0.0135. The zero-order valence-corrected chi connectivity index (χ0v) is 87.2. The number of carbonyl (C=O) groups is 3. The molecule has 0 aromatic heterocycles. The molecule has 9 heterocycles. The second-order valence-electron chi connectivity index (χ2n) is 46.2. The Labute approximate surface area is 869 Å². The van der Waals surface area contributed by atoms with Gasteiger partial charge in [-0.3, -0.25) is 4.79 Å². The van der Waals surface area contributed by atoms with Crippen LogP contribution in [-0.2, 0) is 109 Å². The van der Waals surface area contributed by atoms with Crippen molar-refractivity contribution in [3.05, 3.63) is 60.3 Å². The first kappa shape index (κ1) is 121. The van der Waals surface area contributed by atoms with Gasteiger partial charge in [0.15, 0.2) is 62.5 Å². The third kappa shape index (κ3) is 23.2. The van der Waals surface area contributed by atoms with Crippen LogP contribution in [0.3, 0.4) is 0 Å². The summed E-state index contributed by atoms with van der Waals surface area (Å²) in [4.78, 5) is 45.6. The van der Waals surface area contributed by atoms with Crippen molar-refractivity contribution in [2.24, 2.45) is 50.2 Å². The minimum atomic E-state index is -2.28. The number of esters is 3. The van der Waals surface area contributed by atoms with Crippen molar-refractivity contribution in [1.82, 2.24) is 0 Å². The molecule has 0 aromatic rings. The summed E-state index contributed by atoms with van der Waals surface area (Å²) in [5.74, 6) is -4.34. The molecule has 0 spiro atoms. The number of aliphatic hydroxyl groups is 25. The Bertz CT molecular complexity index is 4640. The molecule has 48 nitrogen and oxygen atoms in total. The van der Waals surface area contributed by atoms with E-state index in [9.17, 15) is 132 Å². The summed E-state index contributed by atoms with van der Waals surface area (Å²) in [6.07, 6.45) is -67.3. The fourth-order valence-electron chi connectivity index (χ4n) is 25.6. The van der Waals surface area contributed by atoms with E-state index in [1.807, 2.05) is 27.7 Å². The number of fused-ring (bicyclic) bond motifs is 7.